The highest BCUT2D eigenvalue weighted by molar-refractivity contribution is 5.85. The molecule has 1 N–H and O–H groups in total. The van der Waals surface area contributed by atoms with Crippen LogP contribution in [0.2, 0.25) is 0 Å². The van der Waals surface area contributed by atoms with Crippen LogP contribution in [0.25, 0.3) is 0 Å². The number of hydrogen-bond donors (Lipinski definition) is 1. The average molecular weight is 322 g/mol. The van der Waals surface area contributed by atoms with Gasteiger partial charge in [-0.1, -0.05) is 64.7 Å². The summed E-state index contributed by atoms with van der Waals surface area (Å²) in [5, 5.41) is 10.0. The molecule has 4 heteroatoms. The van der Waals surface area contributed by atoms with E-state index in [-0.39, 0.29) is 18.5 Å². The lowest BCUT2D eigenvalue weighted by molar-refractivity contribution is 0.0127. The van der Waals surface area contributed by atoms with E-state index in [1.165, 1.54) is 57.8 Å². The van der Waals surface area contributed by atoms with E-state index in [1.54, 1.807) is 0 Å². The molecule has 0 aromatic rings. The van der Waals surface area contributed by atoms with Gasteiger partial charge in [-0.25, -0.2) is 0 Å². The van der Waals surface area contributed by atoms with E-state index in [9.17, 15) is 5.11 Å². The van der Waals surface area contributed by atoms with Gasteiger partial charge in [0.25, 0.3) is 0 Å². The van der Waals surface area contributed by atoms with Crippen molar-refractivity contribution in [1.29, 1.82) is 0 Å². The third-order valence-electron chi connectivity index (χ3n) is 4.21. The average Bonchev–Trinajstić information content (AvgIpc) is 2.46. The number of hydrogen-bond acceptors (Lipinski definition) is 3. The normalized spacial score (nSPS) is 17.4. The number of aliphatic hydroxyl groups is 1. The summed E-state index contributed by atoms with van der Waals surface area (Å²) >= 11 is 0. The summed E-state index contributed by atoms with van der Waals surface area (Å²) in [7, 11) is 0. The minimum atomic E-state index is -0.141. The number of aliphatic hydroxyl groups excluding tert-OH is 1. The molecular weight excluding hydrogens is 286 g/mol. The molecule has 0 aromatic carbocycles. The van der Waals surface area contributed by atoms with E-state index in [4.69, 9.17) is 4.74 Å². The van der Waals surface area contributed by atoms with Crippen LogP contribution in [0.3, 0.4) is 0 Å². The molecule has 3 nitrogen and oxygen atoms in total. The number of β-amino-alcohol motifs (C(OH)–C–C–N with tert-alkyl or cyclic N) is 1. The van der Waals surface area contributed by atoms with Crippen molar-refractivity contribution >= 4 is 12.4 Å². The molecule has 0 aliphatic carbocycles. The SMILES string of the molecule is CCCCCCCCCCCC(O)CN1CCOCC1.Cl. The van der Waals surface area contributed by atoms with Crippen molar-refractivity contribution in [2.75, 3.05) is 32.8 Å². The number of halogens is 1. The molecule has 1 aliphatic heterocycles. The summed E-state index contributed by atoms with van der Waals surface area (Å²) in [4.78, 5) is 2.32. The molecule has 1 saturated heterocycles. The molecule has 0 saturated carbocycles. The second-order valence-electron chi connectivity index (χ2n) is 6.18. The Morgan fingerprint density at radius 1 is 0.905 bits per heavy atom. The summed E-state index contributed by atoms with van der Waals surface area (Å²) in [6.07, 6.45) is 13.0. The van der Waals surface area contributed by atoms with Crippen molar-refractivity contribution < 1.29 is 9.84 Å². The van der Waals surface area contributed by atoms with E-state index in [2.05, 4.69) is 11.8 Å². The van der Waals surface area contributed by atoms with Crippen molar-refractivity contribution in [1.82, 2.24) is 4.90 Å². The molecule has 0 spiro atoms. The third kappa shape index (κ3) is 12.4. The van der Waals surface area contributed by atoms with E-state index in [1.807, 2.05) is 0 Å². The molecule has 0 radical (unpaired) electrons. The van der Waals surface area contributed by atoms with Gasteiger partial charge in [-0.05, 0) is 6.42 Å². The molecule has 1 unspecified atom stereocenters. The number of unbranched alkanes of at least 4 members (excludes halogenated alkanes) is 8. The Morgan fingerprint density at radius 3 is 2.00 bits per heavy atom. The maximum absolute atomic E-state index is 10.0. The van der Waals surface area contributed by atoms with Crippen LogP contribution in [0.4, 0.5) is 0 Å². The zero-order valence-corrected chi connectivity index (χ0v) is 14.7. The molecular formula is C17H36ClNO2. The summed E-state index contributed by atoms with van der Waals surface area (Å²) in [6.45, 7) is 6.71. The highest BCUT2D eigenvalue weighted by Gasteiger charge is 2.14. The van der Waals surface area contributed by atoms with Gasteiger partial charge in [0.05, 0.1) is 19.3 Å². The number of rotatable bonds is 12. The Balaban J connectivity index is 0.00000400. The van der Waals surface area contributed by atoms with E-state index >= 15 is 0 Å². The maximum atomic E-state index is 10.0. The summed E-state index contributed by atoms with van der Waals surface area (Å²) in [6, 6.07) is 0. The first-order valence-electron chi connectivity index (χ1n) is 8.81. The second kappa shape index (κ2) is 15.1. The summed E-state index contributed by atoms with van der Waals surface area (Å²) < 4.78 is 5.32. The van der Waals surface area contributed by atoms with Crippen LogP contribution >= 0.6 is 12.4 Å². The minimum Gasteiger partial charge on any atom is -0.392 e. The van der Waals surface area contributed by atoms with Gasteiger partial charge in [-0.3, -0.25) is 4.90 Å². The highest BCUT2D eigenvalue weighted by Crippen LogP contribution is 2.12. The van der Waals surface area contributed by atoms with Gasteiger partial charge in [0.15, 0.2) is 0 Å². The summed E-state index contributed by atoms with van der Waals surface area (Å²) in [5.74, 6) is 0. The number of morpholine rings is 1. The van der Waals surface area contributed by atoms with Crippen molar-refractivity contribution in [3.05, 3.63) is 0 Å². The lowest BCUT2D eigenvalue weighted by Gasteiger charge is -2.28. The smallest absolute Gasteiger partial charge is 0.0667 e. The van der Waals surface area contributed by atoms with Crippen LogP contribution in [0.5, 0.6) is 0 Å². The van der Waals surface area contributed by atoms with Crippen molar-refractivity contribution in [2.45, 2.75) is 77.2 Å². The zero-order chi connectivity index (χ0) is 14.5. The first kappa shape index (κ1) is 21.2. The minimum absolute atomic E-state index is 0. The largest absolute Gasteiger partial charge is 0.392 e. The molecule has 1 fully saturated rings. The molecule has 1 atom stereocenters. The van der Waals surface area contributed by atoms with Gasteiger partial charge in [-0.2, -0.15) is 0 Å². The molecule has 0 amide bonds. The Morgan fingerprint density at radius 2 is 1.43 bits per heavy atom. The quantitative estimate of drug-likeness (QED) is 0.551. The van der Waals surface area contributed by atoms with Crippen LogP contribution in [0.1, 0.15) is 71.1 Å². The molecule has 1 rings (SSSR count). The fourth-order valence-electron chi connectivity index (χ4n) is 2.86. The molecule has 1 heterocycles. The lowest BCUT2D eigenvalue weighted by Crippen LogP contribution is -2.40. The number of ether oxygens (including phenoxy) is 1. The molecule has 128 valence electrons. The van der Waals surface area contributed by atoms with E-state index < -0.39 is 0 Å². The fraction of sp³-hybridized carbons (Fsp3) is 1.00. The van der Waals surface area contributed by atoms with Crippen LogP contribution in [0.15, 0.2) is 0 Å². The van der Waals surface area contributed by atoms with Crippen LogP contribution in [-0.2, 0) is 4.74 Å². The topological polar surface area (TPSA) is 32.7 Å². The van der Waals surface area contributed by atoms with Gasteiger partial charge in [0, 0.05) is 19.6 Å². The zero-order valence-electron chi connectivity index (χ0n) is 13.9. The monoisotopic (exact) mass is 321 g/mol. The lowest BCUT2D eigenvalue weighted by atomic mass is 10.0. The van der Waals surface area contributed by atoms with Crippen LogP contribution < -0.4 is 0 Å². The van der Waals surface area contributed by atoms with Crippen molar-refractivity contribution in [3.63, 3.8) is 0 Å². The van der Waals surface area contributed by atoms with Gasteiger partial charge >= 0.3 is 0 Å². The van der Waals surface area contributed by atoms with E-state index in [0.717, 1.165) is 39.3 Å². The second-order valence-corrected chi connectivity index (χ2v) is 6.18. The Kier molecular flexibility index (Phi) is 15.2. The molecule has 21 heavy (non-hydrogen) atoms. The molecule has 0 aromatic heterocycles. The van der Waals surface area contributed by atoms with Gasteiger partial charge in [0.2, 0.25) is 0 Å². The number of nitrogens with zero attached hydrogens (tertiary/aromatic N) is 1. The van der Waals surface area contributed by atoms with Crippen molar-refractivity contribution in [2.24, 2.45) is 0 Å². The molecule has 1 aliphatic rings. The van der Waals surface area contributed by atoms with Gasteiger partial charge in [-0.15, -0.1) is 12.4 Å². The maximum Gasteiger partial charge on any atom is 0.0667 e. The Bertz CT molecular complexity index is 211. The predicted octanol–water partition coefficient (Wildman–Crippen LogP) is 4.02. The first-order valence-corrected chi connectivity index (χ1v) is 8.81. The standard InChI is InChI=1S/C17H35NO2.ClH/c1-2-3-4-5-6-7-8-9-10-11-17(19)16-18-12-14-20-15-13-18;/h17,19H,2-16H2,1H3;1H. The van der Waals surface area contributed by atoms with Gasteiger partial charge in [0.1, 0.15) is 0 Å². The molecule has 0 bridgehead atoms. The van der Waals surface area contributed by atoms with Gasteiger partial charge < -0.3 is 9.84 Å². The Hall–Kier alpha value is 0.170. The fourth-order valence-corrected chi connectivity index (χ4v) is 2.86. The predicted molar refractivity (Wildman–Crippen MR) is 92.4 cm³/mol. The van der Waals surface area contributed by atoms with Crippen molar-refractivity contribution in [3.8, 4) is 0 Å². The Labute approximate surface area is 137 Å². The summed E-state index contributed by atoms with van der Waals surface area (Å²) in [5.41, 5.74) is 0. The van der Waals surface area contributed by atoms with Crippen LogP contribution in [-0.4, -0.2) is 49.0 Å². The first-order chi connectivity index (χ1) is 9.83. The van der Waals surface area contributed by atoms with E-state index in [0.29, 0.717) is 0 Å². The van der Waals surface area contributed by atoms with Crippen LogP contribution in [0, 0.1) is 0 Å². The third-order valence-corrected chi connectivity index (χ3v) is 4.21. The highest BCUT2D eigenvalue weighted by atomic mass is 35.5.